The SMILES string of the molecule is CCCNC(=O)[C@@H](C)N(Cc1cccc(Br)c1)C(=O)COc1ccc(C(C)(C)C)cc1. The second kappa shape index (κ2) is 11.3. The van der Waals surface area contributed by atoms with Crippen molar-refractivity contribution in [2.75, 3.05) is 13.2 Å². The largest absolute Gasteiger partial charge is 0.484 e. The van der Waals surface area contributed by atoms with Crippen LogP contribution in [0.15, 0.2) is 53.0 Å². The Bertz CT molecular complexity index is 875. The van der Waals surface area contributed by atoms with Crippen LogP contribution in [0.3, 0.4) is 0 Å². The van der Waals surface area contributed by atoms with E-state index in [0.29, 0.717) is 18.8 Å². The van der Waals surface area contributed by atoms with Crippen molar-refractivity contribution in [2.45, 2.75) is 59.0 Å². The first kappa shape index (κ1) is 24.9. The maximum atomic E-state index is 13.1. The Labute approximate surface area is 194 Å². The fourth-order valence-corrected chi connectivity index (χ4v) is 3.54. The molecule has 0 saturated carbocycles. The van der Waals surface area contributed by atoms with Crippen molar-refractivity contribution in [3.8, 4) is 5.75 Å². The first-order valence-electron chi connectivity index (χ1n) is 10.7. The Balaban J connectivity index is 2.12. The molecule has 0 radical (unpaired) electrons. The van der Waals surface area contributed by atoms with E-state index in [-0.39, 0.29) is 23.8 Å². The average molecular weight is 489 g/mol. The maximum absolute atomic E-state index is 13.1. The molecule has 0 heterocycles. The van der Waals surface area contributed by atoms with Gasteiger partial charge in [0.25, 0.3) is 5.91 Å². The lowest BCUT2D eigenvalue weighted by atomic mass is 9.87. The van der Waals surface area contributed by atoms with Crippen LogP contribution in [0.25, 0.3) is 0 Å². The van der Waals surface area contributed by atoms with Crippen LogP contribution in [0.2, 0.25) is 0 Å². The van der Waals surface area contributed by atoms with E-state index in [1.807, 2.05) is 55.5 Å². The van der Waals surface area contributed by atoms with Gasteiger partial charge in [-0.3, -0.25) is 9.59 Å². The number of carbonyl (C=O) groups is 2. The second-order valence-electron chi connectivity index (χ2n) is 8.68. The number of nitrogens with one attached hydrogen (secondary N) is 1. The van der Waals surface area contributed by atoms with E-state index in [0.717, 1.165) is 16.5 Å². The fourth-order valence-electron chi connectivity index (χ4n) is 3.09. The van der Waals surface area contributed by atoms with Crippen LogP contribution in [-0.4, -0.2) is 35.9 Å². The van der Waals surface area contributed by atoms with E-state index in [2.05, 4.69) is 42.0 Å². The Kier molecular flexibility index (Phi) is 9.11. The third-order valence-corrected chi connectivity index (χ3v) is 5.53. The molecular formula is C25H33BrN2O3. The van der Waals surface area contributed by atoms with E-state index in [9.17, 15) is 9.59 Å². The van der Waals surface area contributed by atoms with E-state index in [1.165, 1.54) is 5.56 Å². The lowest BCUT2D eigenvalue weighted by molar-refractivity contribution is -0.142. The summed E-state index contributed by atoms with van der Waals surface area (Å²) in [7, 11) is 0. The van der Waals surface area contributed by atoms with E-state index in [1.54, 1.807) is 11.8 Å². The number of halogens is 1. The Morgan fingerprint density at radius 1 is 1.13 bits per heavy atom. The monoisotopic (exact) mass is 488 g/mol. The van der Waals surface area contributed by atoms with Crippen LogP contribution >= 0.6 is 15.9 Å². The average Bonchev–Trinajstić information content (AvgIpc) is 2.73. The summed E-state index contributed by atoms with van der Waals surface area (Å²) in [5.74, 6) is 0.227. The van der Waals surface area contributed by atoms with Gasteiger partial charge in [-0.15, -0.1) is 0 Å². The highest BCUT2D eigenvalue weighted by atomic mass is 79.9. The number of rotatable bonds is 9. The van der Waals surface area contributed by atoms with Crippen molar-refractivity contribution in [1.82, 2.24) is 10.2 Å². The number of hydrogen-bond donors (Lipinski definition) is 1. The summed E-state index contributed by atoms with van der Waals surface area (Å²) in [6.45, 7) is 11.0. The molecule has 2 amide bonds. The Morgan fingerprint density at radius 2 is 1.81 bits per heavy atom. The van der Waals surface area contributed by atoms with E-state index < -0.39 is 6.04 Å². The molecule has 1 atom stereocenters. The lowest BCUT2D eigenvalue weighted by Crippen LogP contribution is -2.49. The van der Waals surface area contributed by atoms with Gasteiger partial charge in [0, 0.05) is 17.6 Å². The number of hydrogen-bond acceptors (Lipinski definition) is 3. The summed E-state index contributed by atoms with van der Waals surface area (Å²) >= 11 is 3.46. The summed E-state index contributed by atoms with van der Waals surface area (Å²) in [4.78, 5) is 27.2. The molecule has 1 N–H and O–H groups in total. The summed E-state index contributed by atoms with van der Waals surface area (Å²) < 4.78 is 6.68. The van der Waals surface area contributed by atoms with Crippen LogP contribution in [-0.2, 0) is 21.5 Å². The third kappa shape index (κ3) is 7.69. The van der Waals surface area contributed by atoms with Gasteiger partial charge in [0.05, 0.1) is 0 Å². The van der Waals surface area contributed by atoms with Crippen LogP contribution in [0.1, 0.15) is 52.2 Å². The lowest BCUT2D eigenvalue weighted by Gasteiger charge is -2.29. The third-order valence-electron chi connectivity index (χ3n) is 5.04. The Morgan fingerprint density at radius 3 is 2.39 bits per heavy atom. The molecule has 168 valence electrons. The van der Waals surface area contributed by atoms with Crippen molar-refractivity contribution >= 4 is 27.7 Å². The second-order valence-corrected chi connectivity index (χ2v) is 9.60. The molecule has 5 nitrogen and oxygen atoms in total. The molecule has 0 fully saturated rings. The van der Waals surface area contributed by atoms with Gasteiger partial charge in [0.1, 0.15) is 11.8 Å². The van der Waals surface area contributed by atoms with Gasteiger partial charge in [0.2, 0.25) is 5.91 Å². The van der Waals surface area contributed by atoms with Gasteiger partial charge in [-0.05, 0) is 54.2 Å². The van der Waals surface area contributed by atoms with Crippen LogP contribution in [0.5, 0.6) is 5.75 Å². The highest BCUT2D eigenvalue weighted by molar-refractivity contribution is 9.10. The normalized spacial score (nSPS) is 12.2. The first-order valence-corrected chi connectivity index (χ1v) is 11.5. The minimum Gasteiger partial charge on any atom is -0.484 e. The van der Waals surface area contributed by atoms with Crippen molar-refractivity contribution in [2.24, 2.45) is 0 Å². The van der Waals surface area contributed by atoms with Gasteiger partial charge >= 0.3 is 0 Å². The molecule has 0 unspecified atom stereocenters. The molecule has 2 aromatic rings. The van der Waals surface area contributed by atoms with Crippen molar-refractivity contribution in [1.29, 1.82) is 0 Å². The van der Waals surface area contributed by atoms with Gasteiger partial charge < -0.3 is 15.0 Å². The molecule has 2 aromatic carbocycles. The van der Waals surface area contributed by atoms with Gasteiger partial charge in [-0.1, -0.05) is 67.9 Å². The topological polar surface area (TPSA) is 58.6 Å². The molecule has 31 heavy (non-hydrogen) atoms. The van der Waals surface area contributed by atoms with Crippen molar-refractivity contribution in [3.05, 3.63) is 64.1 Å². The molecule has 2 rings (SSSR count). The van der Waals surface area contributed by atoms with Crippen LogP contribution in [0, 0.1) is 0 Å². The fraction of sp³-hybridized carbons (Fsp3) is 0.440. The summed E-state index contributed by atoms with van der Waals surface area (Å²) in [5.41, 5.74) is 2.19. The summed E-state index contributed by atoms with van der Waals surface area (Å²) in [5, 5.41) is 2.88. The molecule has 0 aliphatic rings. The molecule has 0 spiro atoms. The highest BCUT2D eigenvalue weighted by Crippen LogP contribution is 2.24. The molecule has 0 bridgehead atoms. The predicted octanol–water partition coefficient (Wildman–Crippen LogP) is 5.07. The van der Waals surface area contributed by atoms with Crippen molar-refractivity contribution < 1.29 is 14.3 Å². The molecular weight excluding hydrogens is 456 g/mol. The quantitative estimate of drug-likeness (QED) is 0.535. The molecule has 0 aliphatic carbocycles. The predicted molar refractivity (Wildman–Crippen MR) is 128 cm³/mol. The zero-order valence-corrected chi connectivity index (χ0v) is 20.7. The van der Waals surface area contributed by atoms with E-state index in [4.69, 9.17) is 4.74 Å². The number of amides is 2. The molecule has 0 aromatic heterocycles. The number of carbonyl (C=O) groups excluding carboxylic acids is 2. The zero-order chi connectivity index (χ0) is 23.0. The summed E-state index contributed by atoms with van der Waals surface area (Å²) in [6.07, 6.45) is 0.839. The van der Waals surface area contributed by atoms with Gasteiger partial charge in [-0.25, -0.2) is 0 Å². The van der Waals surface area contributed by atoms with Crippen LogP contribution in [0.4, 0.5) is 0 Å². The maximum Gasteiger partial charge on any atom is 0.261 e. The molecule has 6 heteroatoms. The smallest absolute Gasteiger partial charge is 0.261 e. The van der Waals surface area contributed by atoms with Crippen molar-refractivity contribution in [3.63, 3.8) is 0 Å². The standard InChI is InChI=1S/C25H33BrN2O3/c1-6-14-27-24(30)18(2)28(16-19-8-7-9-21(26)15-19)23(29)17-31-22-12-10-20(11-13-22)25(3,4)5/h7-13,15,18H,6,14,16-17H2,1-5H3,(H,27,30)/t18-/m1/s1. The summed E-state index contributed by atoms with van der Waals surface area (Å²) in [6, 6.07) is 14.9. The number of benzene rings is 2. The highest BCUT2D eigenvalue weighted by Gasteiger charge is 2.26. The van der Waals surface area contributed by atoms with Crippen LogP contribution < -0.4 is 10.1 Å². The minimum absolute atomic E-state index is 0.0520. The Hall–Kier alpha value is -2.34. The molecule has 0 saturated heterocycles. The zero-order valence-electron chi connectivity index (χ0n) is 19.1. The minimum atomic E-state index is -0.607. The first-order chi connectivity index (χ1) is 14.6. The molecule has 0 aliphatic heterocycles. The van der Waals surface area contributed by atoms with Gasteiger partial charge in [0.15, 0.2) is 6.61 Å². The number of nitrogens with zero attached hydrogens (tertiary/aromatic N) is 1. The number of ether oxygens (including phenoxy) is 1. The van der Waals surface area contributed by atoms with E-state index >= 15 is 0 Å². The van der Waals surface area contributed by atoms with Gasteiger partial charge in [-0.2, -0.15) is 0 Å².